The quantitative estimate of drug-likeness (QED) is 0.510. The van der Waals surface area contributed by atoms with Gasteiger partial charge in [0.2, 0.25) is 21.9 Å². The lowest BCUT2D eigenvalue weighted by Gasteiger charge is -2.20. The van der Waals surface area contributed by atoms with Crippen LogP contribution in [0.15, 0.2) is 29.4 Å². The molecule has 162 valence electrons. The van der Waals surface area contributed by atoms with Crippen LogP contribution in [0.5, 0.6) is 0 Å². The summed E-state index contributed by atoms with van der Waals surface area (Å²) < 4.78 is 29.8. The Morgan fingerprint density at radius 2 is 2.03 bits per heavy atom. The first kappa shape index (κ1) is 21.8. The summed E-state index contributed by atoms with van der Waals surface area (Å²) in [6.07, 6.45) is 0.896. The molecule has 0 radical (unpaired) electrons. The number of carbonyl (C=O) groups excluding carboxylic acids is 1. The Morgan fingerprint density at radius 1 is 1.26 bits per heavy atom. The second-order valence-electron chi connectivity index (χ2n) is 6.92. The molecule has 0 fully saturated rings. The van der Waals surface area contributed by atoms with Gasteiger partial charge in [0.05, 0.1) is 24.5 Å². The van der Waals surface area contributed by atoms with Crippen molar-refractivity contribution in [1.29, 1.82) is 0 Å². The fraction of sp³-hybridized carbons (Fsp3) is 0.263. The van der Waals surface area contributed by atoms with Crippen molar-refractivity contribution in [3.63, 3.8) is 0 Å². The van der Waals surface area contributed by atoms with Crippen LogP contribution in [-0.4, -0.2) is 41.3 Å². The number of amides is 1. The second kappa shape index (κ2) is 8.58. The van der Waals surface area contributed by atoms with Crippen molar-refractivity contribution < 1.29 is 17.9 Å². The van der Waals surface area contributed by atoms with E-state index in [2.05, 4.69) is 15.0 Å². The zero-order valence-electron chi connectivity index (χ0n) is 16.4. The zero-order valence-corrected chi connectivity index (χ0v) is 18.8. The van der Waals surface area contributed by atoms with Crippen LogP contribution in [-0.2, 0) is 32.8 Å². The minimum Gasteiger partial charge on any atom is -0.372 e. The summed E-state index contributed by atoms with van der Waals surface area (Å²) in [5.41, 5.74) is 8.61. The van der Waals surface area contributed by atoms with Crippen molar-refractivity contribution in [3.05, 3.63) is 40.4 Å². The highest BCUT2D eigenvalue weighted by molar-refractivity contribution is 7.99. The van der Waals surface area contributed by atoms with Gasteiger partial charge in [0, 0.05) is 17.7 Å². The van der Waals surface area contributed by atoms with E-state index in [9.17, 15) is 13.2 Å². The number of nitrogens with zero attached hydrogens (tertiary/aromatic N) is 3. The van der Waals surface area contributed by atoms with E-state index in [0.717, 1.165) is 28.2 Å². The molecule has 0 saturated heterocycles. The molecule has 1 amide bonds. The van der Waals surface area contributed by atoms with Gasteiger partial charge in [-0.15, -0.1) is 0 Å². The van der Waals surface area contributed by atoms with E-state index in [1.54, 1.807) is 0 Å². The number of rotatable bonds is 6. The lowest BCUT2D eigenvalue weighted by atomic mass is 9.94. The summed E-state index contributed by atoms with van der Waals surface area (Å²) in [5, 5.41) is 2.75. The number of aromatic nitrogens is 3. The number of sulfonamides is 1. The summed E-state index contributed by atoms with van der Waals surface area (Å²) >= 11 is 7.77. The van der Waals surface area contributed by atoms with Crippen molar-refractivity contribution in [2.45, 2.75) is 24.8 Å². The van der Waals surface area contributed by atoms with Gasteiger partial charge in [-0.25, -0.2) is 13.4 Å². The third-order valence-electron chi connectivity index (χ3n) is 4.51. The first-order valence-corrected chi connectivity index (χ1v) is 12.4. The third-order valence-corrected chi connectivity index (χ3v) is 6.26. The van der Waals surface area contributed by atoms with Crippen LogP contribution < -0.4 is 10.5 Å². The van der Waals surface area contributed by atoms with Gasteiger partial charge in [-0.05, 0) is 28.0 Å². The number of halogens is 1. The zero-order chi connectivity index (χ0) is 22.2. The van der Waals surface area contributed by atoms with E-state index in [1.165, 1.54) is 11.8 Å². The molecule has 0 saturated carbocycles. The first-order chi connectivity index (χ1) is 14.7. The molecule has 2 aromatic carbocycles. The summed E-state index contributed by atoms with van der Waals surface area (Å²) in [6.45, 7) is 0.991. The Morgan fingerprint density at radius 3 is 2.81 bits per heavy atom. The predicted molar refractivity (Wildman–Crippen MR) is 119 cm³/mol. The molecule has 4 rings (SSSR count). The van der Waals surface area contributed by atoms with Crippen LogP contribution >= 0.6 is 23.4 Å². The number of nitrogens with one attached hydrogen (secondary N) is 1. The van der Waals surface area contributed by atoms with Gasteiger partial charge >= 0.3 is 0 Å². The minimum atomic E-state index is -3.59. The van der Waals surface area contributed by atoms with Crippen molar-refractivity contribution in [2.75, 3.05) is 17.7 Å². The van der Waals surface area contributed by atoms with Gasteiger partial charge in [0.15, 0.2) is 11.0 Å². The maximum Gasteiger partial charge on any atom is 0.234 e. The SMILES string of the molecule is CS(=O)(=O)NC(=O)CCSc1nc(N)nc(-c2c(Cl)cc3c4c(cccc24)COC3)n1. The van der Waals surface area contributed by atoms with E-state index in [4.69, 9.17) is 22.1 Å². The summed E-state index contributed by atoms with van der Waals surface area (Å²) in [5.74, 6) is 0.00826. The highest BCUT2D eigenvalue weighted by atomic mass is 35.5. The monoisotopic (exact) mass is 479 g/mol. The van der Waals surface area contributed by atoms with Crippen LogP contribution in [0.1, 0.15) is 17.5 Å². The van der Waals surface area contributed by atoms with E-state index >= 15 is 0 Å². The lowest BCUT2D eigenvalue weighted by molar-refractivity contribution is -0.118. The Hall–Kier alpha value is -2.47. The van der Waals surface area contributed by atoms with Gasteiger partial charge < -0.3 is 10.5 Å². The number of thioether (sulfide) groups is 1. The van der Waals surface area contributed by atoms with Gasteiger partial charge in [0.1, 0.15) is 0 Å². The Labute approximate surface area is 187 Å². The molecule has 9 nitrogen and oxygen atoms in total. The normalized spacial score (nSPS) is 13.4. The molecule has 1 aliphatic rings. The van der Waals surface area contributed by atoms with E-state index < -0.39 is 15.9 Å². The minimum absolute atomic E-state index is 0.0213. The van der Waals surface area contributed by atoms with E-state index in [1.807, 2.05) is 29.0 Å². The molecule has 31 heavy (non-hydrogen) atoms. The van der Waals surface area contributed by atoms with Gasteiger partial charge in [-0.2, -0.15) is 9.97 Å². The number of ether oxygens (including phenoxy) is 1. The van der Waals surface area contributed by atoms with E-state index in [0.29, 0.717) is 34.8 Å². The molecule has 0 bridgehead atoms. The fourth-order valence-corrected chi connectivity index (χ4v) is 5.00. The molecular formula is C19H18ClN5O4S2. The molecule has 1 aliphatic heterocycles. The van der Waals surface area contributed by atoms with Crippen LogP contribution in [0, 0.1) is 0 Å². The average Bonchev–Trinajstić information content (AvgIpc) is 2.66. The van der Waals surface area contributed by atoms with Gasteiger partial charge in [0.25, 0.3) is 0 Å². The van der Waals surface area contributed by atoms with Crippen LogP contribution in [0.4, 0.5) is 5.95 Å². The maximum absolute atomic E-state index is 11.7. The first-order valence-electron chi connectivity index (χ1n) is 9.17. The molecule has 0 aliphatic carbocycles. The van der Waals surface area contributed by atoms with Crippen molar-refractivity contribution in [1.82, 2.24) is 19.7 Å². The van der Waals surface area contributed by atoms with Gasteiger partial charge in [-0.1, -0.05) is 41.6 Å². The molecule has 3 N–H and O–H groups in total. The summed E-state index contributed by atoms with van der Waals surface area (Å²) in [7, 11) is -3.59. The highest BCUT2D eigenvalue weighted by Gasteiger charge is 2.21. The number of nitrogen functional groups attached to an aromatic ring is 1. The van der Waals surface area contributed by atoms with Crippen molar-refractivity contribution in [3.8, 4) is 11.4 Å². The van der Waals surface area contributed by atoms with Crippen LogP contribution in [0.25, 0.3) is 22.2 Å². The van der Waals surface area contributed by atoms with E-state index in [-0.39, 0.29) is 18.1 Å². The molecule has 3 aromatic rings. The Balaban J connectivity index is 1.65. The molecule has 1 aromatic heterocycles. The Bertz CT molecular complexity index is 1300. The number of benzene rings is 2. The van der Waals surface area contributed by atoms with Crippen molar-refractivity contribution >= 4 is 56.0 Å². The van der Waals surface area contributed by atoms with Crippen LogP contribution in [0.3, 0.4) is 0 Å². The third kappa shape index (κ3) is 4.90. The number of anilines is 1. The molecule has 12 heteroatoms. The largest absolute Gasteiger partial charge is 0.372 e. The van der Waals surface area contributed by atoms with Crippen molar-refractivity contribution in [2.24, 2.45) is 0 Å². The molecule has 0 atom stereocenters. The van der Waals surface area contributed by atoms with Crippen LogP contribution in [0.2, 0.25) is 5.02 Å². The topological polar surface area (TPSA) is 137 Å². The van der Waals surface area contributed by atoms with Gasteiger partial charge in [-0.3, -0.25) is 9.52 Å². The summed E-state index contributed by atoms with van der Waals surface area (Å²) in [4.78, 5) is 24.6. The molecule has 2 heterocycles. The number of nitrogens with two attached hydrogens (primary N) is 1. The number of hydrogen-bond acceptors (Lipinski definition) is 9. The lowest BCUT2D eigenvalue weighted by Crippen LogP contribution is -2.29. The molecule has 0 unspecified atom stereocenters. The number of hydrogen-bond donors (Lipinski definition) is 2. The summed E-state index contributed by atoms with van der Waals surface area (Å²) in [6, 6.07) is 7.74. The maximum atomic E-state index is 11.7. The fourth-order valence-electron chi connectivity index (χ4n) is 3.39. The Kier molecular flexibility index (Phi) is 6.02. The smallest absolute Gasteiger partial charge is 0.234 e. The average molecular weight is 480 g/mol. The molecular weight excluding hydrogens is 462 g/mol. The molecule has 0 spiro atoms. The highest BCUT2D eigenvalue weighted by Crippen LogP contribution is 2.39. The second-order valence-corrected chi connectivity index (χ2v) is 10.1. The number of carbonyl (C=O) groups is 1. The standard InChI is InChI=1S/C19H18ClN5O4S2/c1-31(27,28)25-14(26)5-6-30-19-23-17(22-18(21)24-19)16-12-4-2-3-10-8-29-9-11(15(10)12)7-13(16)20/h2-4,7H,5-6,8-9H2,1H3,(H,25,26)(H2,21,22,23,24). The predicted octanol–water partition coefficient (Wildman–Crippen LogP) is 2.52.